The van der Waals surface area contributed by atoms with Gasteiger partial charge in [0, 0.05) is 23.4 Å². The van der Waals surface area contributed by atoms with E-state index in [0.29, 0.717) is 17.9 Å². The Bertz CT molecular complexity index is 2120. The minimum absolute atomic E-state index is 0.0175. The van der Waals surface area contributed by atoms with E-state index in [1.807, 2.05) is 99.6 Å². The minimum atomic E-state index is -3.98. The largest absolute Gasteiger partial charge is 0.497 e. The van der Waals surface area contributed by atoms with E-state index in [1.54, 1.807) is 20.3 Å². The van der Waals surface area contributed by atoms with Gasteiger partial charge in [0.1, 0.15) is 40.7 Å². The number of rotatable bonds is 19. The van der Waals surface area contributed by atoms with Gasteiger partial charge in [0.2, 0.25) is 0 Å². The van der Waals surface area contributed by atoms with Crippen LogP contribution < -0.4 is 25.6 Å². The van der Waals surface area contributed by atoms with Crippen LogP contribution in [0.3, 0.4) is 0 Å². The summed E-state index contributed by atoms with van der Waals surface area (Å²) in [5.74, 6) is 1.84. The molecule has 4 N–H and O–H groups in total. The lowest BCUT2D eigenvalue weighted by Crippen LogP contribution is -2.46. The van der Waals surface area contributed by atoms with Gasteiger partial charge in [0.15, 0.2) is 11.3 Å². The van der Waals surface area contributed by atoms with E-state index in [-0.39, 0.29) is 29.3 Å². The lowest BCUT2D eigenvalue weighted by Gasteiger charge is -2.37. The van der Waals surface area contributed by atoms with E-state index < -0.39 is 55.0 Å². The van der Waals surface area contributed by atoms with Crippen molar-refractivity contribution < 1.29 is 42.8 Å². The summed E-state index contributed by atoms with van der Waals surface area (Å²) in [4.78, 5) is 31.1. The molecule has 14 nitrogen and oxygen atoms in total. The number of carbonyl (C=O) groups excluding carboxylic acids is 1. The van der Waals surface area contributed by atoms with Crippen LogP contribution in [0.25, 0.3) is 0 Å². The molecule has 0 bridgehead atoms. The summed E-state index contributed by atoms with van der Waals surface area (Å²) in [6.45, 7) is 6.64. The minimum Gasteiger partial charge on any atom is -0.497 e. The number of aliphatic hydroxyl groups excluding tert-OH is 1. The third-order valence-corrected chi connectivity index (χ3v) is 14.7. The molecule has 4 aromatic rings. The zero-order valence-corrected chi connectivity index (χ0v) is 37.5. The molecular weight excluding hydrogens is 820 g/mol. The lowest BCUT2D eigenvalue weighted by atomic mass is 9.77. The van der Waals surface area contributed by atoms with Crippen LogP contribution in [0, 0.1) is 5.41 Å². The van der Waals surface area contributed by atoms with Crippen molar-refractivity contribution in [1.29, 1.82) is 0 Å². The summed E-state index contributed by atoms with van der Waals surface area (Å²) >= 11 is 1.12. The highest BCUT2D eigenvalue weighted by atomic mass is 32.2. The van der Waals surface area contributed by atoms with E-state index in [2.05, 4.69) is 15.4 Å². The number of benzene rings is 3. The maximum absolute atomic E-state index is 14.2. The van der Waals surface area contributed by atoms with Crippen LogP contribution in [0.15, 0.2) is 95.9 Å². The number of hydrogen-bond acceptors (Lipinski definition) is 13. The molecular formula is C45H59N4O10PS. The molecule has 2 aliphatic rings. The van der Waals surface area contributed by atoms with Gasteiger partial charge in [0.25, 0.3) is 0 Å². The molecule has 2 heterocycles. The second kappa shape index (κ2) is 20.0. The number of hydrogen-bond donors (Lipinski definition) is 4. The highest BCUT2D eigenvalue weighted by molar-refractivity contribution is 8.13. The maximum atomic E-state index is 14.2. The Labute approximate surface area is 362 Å². The van der Waals surface area contributed by atoms with Crippen LogP contribution in [0.5, 0.6) is 11.5 Å². The third-order valence-electron chi connectivity index (χ3n) is 11.8. The molecule has 1 saturated carbocycles. The number of aromatic nitrogens is 2. The van der Waals surface area contributed by atoms with Gasteiger partial charge in [-0.25, -0.2) is 14.4 Å². The molecule has 1 aliphatic heterocycles. The van der Waals surface area contributed by atoms with E-state index in [4.69, 9.17) is 23.3 Å². The highest BCUT2D eigenvalue weighted by Crippen LogP contribution is 2.48. The van der Waals surface area contributed by atoms with Crippen molar-refractivity contribution in [2.75, 3.05) is 38.5 Å². The molecule has 1 saturated heterocycles. The summed E-state index contributed by atoms with van der Waals surface area (Å²) in [7, 11) is -0.778. The first-order chi connectivity index (χ1) is 29.2. The maximum Gasteiger partial charge on any atom is 0.405 e. The molecule has 16 heteroatoms. The number of thioether (sulfide) groups is 1. The van der Waals surface area contributed by atoms with Gasteiger partial charge in [-0.2, -0.15) is 4.98 Å². The van der Waals surface area contributed by atoms with Crippen LogP contribution in [-0.2, 0) is 28.7 Å². The smallest absolute Gasteiger partial charge is 0.405 e. The van der Waals surface area contributed by atoms with E-state index in [9.17, 15) is 24.4 Å². The second-order valence-corrected chi connectivity index (χ2v) is 19.2. The van der Waals surface area contributed by atoms with Crippen LogP contribution in [0.4, 0.5) is 5.82 Å². The van der Waals surface area contributed by atoms with E-state index >= 15 is 0 Å². The molecule has 0 spiro atoms. The fraction of sp³-hybridized carbons (Fsp3) is 0.489. The number of anilines is 1. The molecule has 330 valence electrons. The van der Waals surface area contributed by atoms with Crippen LogP contribution >= 0.6 is 19.5 Å². The molecule has 2 fully saturated rings. The predicted octanol–water partition coefficient (Wildman–Crippen LogP) is 7.43. The van der Waals surface area contributed by atoms with Crippen LogP contribution in [-0.4, -0.2) is 81.9 Å². The highest BCUT2D eigenvalue weighted by Gasteiger charge is 2.54. The van der Waals surface area contributed by atoms with E-state index in [1.165, 1.54) is 13.1 Å². The molecule has 1 aromatic heterocycles. The molecule has 1 aliphatic carbocycles. The summed E-state index contributed by atoms with van der Waals surface area (Å²) in [5.41, 5.74) is -1.80. The molecule has 0 radical (unpaired) electrons. The summed E-state index contributed by atoms with van der Waals surface area (Å²) in [5, 5.41) is 29.7. The number of nitrogens with zero attached hydrogens (tertiary/aromatic N) is 2. The Balaban J connectivity index is 1.24. The van der Waals surface area contributed by atoms with Crippen molar-refractivity contribution in [2.45, 2.75) is 102 Å². The first kappa shape index (κ1) is 46.5. The molecule has 0 amide bonds. The quantitative estimate of drug-likeness (QED) is 0.0415. The number of nitrogens with one attached hydrogen (secondary N) is 2. The molecule has 5 atom stereocenters. The molecule has 6 rings (SSSR count). The average Bonchev–Trinajstić information content (AvgIpc) is 3.50. The van der Waals surface area contributed by atoms with E-state index in [0.717, 1.165) is 65.1 Å². The van der Waals surface area contributed by atoms with Crippen molar-refractivity contribution in [1.82, 2.24) is 14.6 Å². The van der Waals surface area contributed by atoms with Gasteiger partial charge in [-0.05, 0) is 73.2 Å². The zero-order chi connectivity index (χ0) is 43.8. The normalized spacial score (nSPS) is 22.1. The van der Waals surface area contributed by atoms with Crippen LogP contribution in [0.2, 0.25) is 0 Å². The van der Waals surface area contributed by atoms with Gasteiger partial charge in [-0.3, -0.25) is 18.4 Å². The topological polar surface area (TPSA) is 180 Å². The number of carbonyl (C=O) groups is 1. The van der Waals surface area contributed by atoms with Gasteiger partial charge in [-0.1, -0.05) is 106 Å². The zero-order valence-electron chi connectivity index (χ0n) is 35.7. The Hall–Kier alpha value is -4.05. The average molecular weight is 879 g/mol. The number of aliphatic hydroxyl groups is 2. The first-order valence-corrected chi connectivity index (χ1v) is 23.3. The summed E-state index contributed by atoms with van der Waals surface area (Å²) in [6, 6.07) is 26.5. The Morgan fingerprint density at radius 3 is 2.08 bits per heavy atom. The summed E-state index contributed by atoms with van der Waals surface area (Å²) in [6.07, 6.45) is 2.60. The monoisotopic (exact) mass is 878 g/mol. The Morgan fingerprint density at radius 2 is 1.52 bits per heavy atom. The van der Waals surface area contributed by atoms with Gasteiger partial charge in [0.05, 0.1) is 27.4 Å². The first-order valence-electron chi connectivity index (χ1n) is 20.8. The molecule has 61 heavy (non-hydrogen) atoms. The number of methoxy groups -OCH3 is 2. The number of ether oxygens (including phenoxy) is 3. The van der Waals surface area contributed by atoms with Crippen molar-refractivity contribution >= 4 is 30.4 Å². The fourth-order valence-electron chi connectivity index (χ4n) is 7.69. The molecule has 3 aromatic carbocycles. The lowest BCUT2D eigenvalue weighted by molar-refractivity contribution is -0.118. The second-order valence-electron chi connectivity index (χ2n) is 16.4. The Morgan fingerprint density at radius 1 is 0.934 bits per heavy atom. The van der Waals surface area contributed by atoms with Gasteiger partial charge >= 0.3 is 13.4 Å². The Kier molecular flexibility index (Phi) is 15.2. The standard InChI is InChI=1S/C45H59N4O10PS/c1-7-43(2,3)41(51)61-29-28-57-60(54,48-34-16-12-9-13-17-34)58-30-37-39(50)44(4,53)40(59-37)49-27-26-38(46-42(49)52)47-45(31-14-10-8-11-15-31,32-18-22-35(55-5)23-19-32)33-20-24-36(56-6)25-21-33/h8,10-11,14-15,18-27,34,37,39-40,50,53H,7,9,12-13,16-17,28-30H2,1-6H3,(H,48,54)(H,46,47,52)/t37-,39+,40-,44?,60?/m1/s1. The predicted molar refractivity (Wildman–Crippen MR) is 236 cm³/mol. The van der Waals surface area contributed by atoms with Crippen molar-refractivity contribution in [3.8, 4) is 11.5 Å². The van der Waals surface area contributed by atoms with Crippen molar-refractivity contribution in [2.24, 2.45) is 5.41 Å². The van der Waals surface area contributed by atoms with Gasteiger partial charge in [-0.15, -0.1) is 0 Å². The van der Waals surface area contributed by atoms with Crippen molar-refractivity contribution in [3.63, 3.8) is 0 Å². The molecule has 2 unspecified atom stereocenters. The third kappa shape index (κ3) is 10.6. The fourth-order valence-corrected chi connectivity index (χ4v) is 10.3. The SMILES string of the molecule is CCC(C)(C)C(=O)SCCOP(=O)(NC1CCCCC1)OC[C@H]1O[C@@H](n2ccc(NC(c3ccccc3)(c3ccc(OC)cc3)c3ccc(OC)cc3)nc2=O)C(C)(O)[C@H]1O. The van der Waals surface area contributed by atoms with Gasteiger partial charge < -0.3 is 29.7 Å². The van der Waals surface area contributed by atoms with Crippen molar-refractivity contribution in [3.05, 3.63) is 118 Å². The summed E-state index contributed by atoms with van der Waals surface area (Å²) < 4.78 is 44.2. The van der Waals surface area contributed by atoms with Crippen LogP contribution in [0.1, 0.15) is 89.1 Å².